The van der Waals surface area contributed by atoms with Gasteiger partial charge in [0, 0.05) is 11.8 Å². The van der Waals surface area contributed by atoms with Gasteiger partial charge in [0.1, 0.15) is 0 Å². The predicted octanol–water partition coefficient (Wildman–Crippen LogP) is 5.10. The topological polar surface area (TPSA) is 81.7 Å². The minimum Gasteiger partial charge on any atom is -0.478 e. The fourth-order valence-electron chi connectivity index (χ4n) is 2.90. The number of carbonyl (C=O) groups excluding carboxylic acids is 1. The summed E-state index contributed by atoms with van der Waals surface area (Å²) in [6.07, 6.45) is 3.75. The third-order valence-electron chi connectivity index (χ3n) is 4.36. The number of hydrogen-bond acceptors (Lipinski definition) is 5. The van der Waals surface area contributed by atoms with E-state index in [0.717, 1.165) is 16.9 Å². The van der Waals surface area contributed by atoms with Crippen LogP contribution in [0.4, 0.5) is 17.1 Å². The van der Waals surface area contributed by atoms with E-state index < -0.39 is 5.97 Å². The summed E-state index contributed by atoms with van der Waals surface area (Å²) in [5.74, 6) is -1.46. The zero-order chi connectivity index (χ0) is 20.2. The lowest BCUT2D eigenvalue weighted by Gasteiger charge is -2.11. The van der Waals surface area contributed by atoms with Crippen LogP contribution in [0.3, 0.4) is 0 Å². The molecule has 3 aromatic carbocycles. The van der Waals surface area contributed by atoms with Crippen LogP contribution in [0.5, 0.6) is 0 Å². The molecule has 7 heteroatoms. The summed E-state index contributed by atoms with van der Waals surface area (Å²) in [6, 6.07) is 21.5. The molecule has 29 heavy (non-hydrogen) atoms. The summed E-state index contributed by atoms with van der Waals surface area (Å²) < 4.78 is 5.20. The molecule has 0 saturated heterocycles. The summed E-state index contributed by atoms with van der Waals surface area (Å²) in [4.78, 5) is 24.0. The fraction of sp³-hybridized carbons (Fsp3) is 0. The molecule has 1 amide bonds. The Morgan fingerprint density at radius 3 is 2.55 bits per heavy atom. The Hall–Kier alpha value is -3.71. The van der Waals surface area contributed by atoms with Crippen molar-refractivity contribution in [1.82, 2.24) is 0 Å². The van der Waals surface area contributed by atoms with E-state index >= 15 is 0 Å². The van der Waals surface area contributed by atoms with Crippen LogP contribution in [-0.4, -0.2) is 17.0 Å². The summed E-state index contributed by atoms with van der Waals surface area (Å²) in [7, 11) is 0. The van der Waals surface area contributed by atoms with Crippen LogP contribution >= 0.6 is 12.1 Å². The van der Waals surface area contributed by atoms with Gasteiger partial charge < -0.3 is 15.1 Å². The van der Waals surface area contributed by atoms with Crippen LogP contribution < -0.4 is 14.3 Å². The van der Waals surface area contributed by atoms with E-state index in [0.29, 0.717) is 5.56 Å². The van der Waals surface area contributed by atoms with Crippen molar-refractivity contribution in [3.63, 3.8) is 0 Å². The molecule has 0 bridgehead atoms. The van der Waals surface area contributed by atoms with Gasteiger partial charge in [-0.2, -0.15) is 0 Å². The molecule has 144 valence electrons. The number of nitrogens with zero attached hydrogens (tertiary/aromatic N) is 1. The van der Waals surface area contributed by atoms with Crippen LogP contribution in [0.1, 0.15) is 26.3 Å². The molecule has 6 nitrogen and oxygen atoms in total. The lowest BCUT2D eigenvalue weighted by atomic mass is 10.1. The van der Waals surface area contributed by atoms with Gasteiger partial charge >= 0.3 is 5.97 Å². The minimum atomic E-state index is -1.10. The Morgan fingerprint density at radius 2 is 1.76 bits per heavy atom. The van der Waals surface area contributed by atoms with Gasteiger partial charge in [0.2, 0.25) is 0 Å². The van der Waals surface area contributed by atoms with Crippen LogP contribution in [0.25, 0.3) is 6.08 Å². The van der Waals surface area contributed by atoms with E-state index in [1.54, 1.807) is 36.4 Å². The van der Waals surface area contributed by atoms with Crippen molar-refractivity contribution in [1.29, 1.82) is 0 Å². The van der Waals surface area contributed by atoms with Crippen LogP contribution in [0.2, 0.25) is 0 Å². The number of carboxylic acid groups (broad SMARTS) is 1. The SMILES string of the molecule is O=C(Nc1cc(/C=C/N2SNc3ccccc32)ccc1C(=O)O)c1ccccc1. The molecule has 0 saturated carbocycles. The Bertz CT molecular complexity index is 1100. The highest BCUT2D eigenvalue weighted by Crippen LogP contribution is 2.39. The molecule has 0 atom stereocenters. The first-order valence-electron chi connectivity index (χ1n) is 8.85. The smallest absolute Gasteiger partial charge is 0.337 e. The Morgan fingerprint density at radius 1 is 1.00 bits per heavy atom. The number of benzene rings is 3. The van der Waals surface area contributed by atoms with Gasteiger partial charge in [0.25, 0.3) is 5.91 Å². The van der Waals surface area contributed by atoms with E-state index in [2.05, 4.69) is 10.0 Å². The van der Waals surface area contributed by atoms with Crippen molar-refractivity contribution in [2.24, 2.45) is 0 Å². The molecule has 0 radical (unpaired) electrons. The van der Waals surface area contributed by atoms with E-state index in [-0.39, 0.29) is 17.2 Å². The van der Waals surface area contributed by atoms with Gasteiger partial charge in [-0.1, -0.05) is 36.4 Å². The van der Waals surface area contributed by atoms with Gasteiger partial charge in [-0.25, -0.2) is 4.79 Å². The number of aromatic carboxylic acids is 1. The highest BCUT2D eigenvalue weighted by atomic mass is 32.2. The van der Waals surface area contributed by atoms with Gasteiger partial charge in [0.15, 0.2) is 0 Å². The number of amides is 1. The molecule has 1 aliphatic heterocycles. The predicted molar refractivity (Wildman–Crippen MR) is 117 cm³/mol. The molecule has 0 fully saturated rings. The zero-order valence-corrected chi connectivity index (χ0v) is 16.0. The van der Waals surface area contributed by atoms with Gasteiger partial charge in [0.05, 0.1) is 34.8 Å². The summed E-state index contributed by atoms with van der Waals surface area (Å²) in [5.41, 5.74) is 3.58. The summed E-state index contributed by atoms with van der Waals surface area (Å²) in [5, 5.41) is 12.2. The number of anilines is 3. The number of nitrogens with one attached hydrogen (secondary N) is 2. The molecule has 1 aliphatic rings. The number of para-hydroxylation sites is 2. The normalized spacial score (nSPS) is 12.5. The molecule has 4 rings (SSSR count). The second kappa shape index (κ2) is 8.12. The van der Waals surface area contributed by atoms with Crippen LogP contribution in [0.15, 0.2) is 79.0 Å². The molecule has 3 aromatic rings. The maximum Gasteiger partial charge on any atom is 0.337 e. The summed E-state index contributed by atoms with van der Waals surface area (Å²) in [6.45, 7) is 0. The molecular weight excluding hydrogens is 386 g/mol. The third kappa shape index (κ3) is 4.09. The number of carbonyl (C=O) groups is 2. The second-order valence-electron chi connectivity index (χ2n) is 6.28. The molecule has 0 unspecified atom stereocenters. The molecule has 0 aliphatic carbocycles. The average Bonchev–Trinajstić information content (AvgIpc) is 3.16. The van der Waals surface area contributed by atoms with Crippen molar-refractivity contribution < 1.29 is 14.7 Å². The fourth-order valence-corrected chi connectivity index (χ4v) is 3.65. The molecule has 1 heterocycles. The highest BCUT2D eigenvalue weighted by molar-refractivity contribution is 8.02. The lowest BCUT2D eigenvalue weighted by molar-refractivity contribution is 0.0698. The van der Waals surface area contributed by atoms with E-state index in [1.807, 2.05) is 46.9 Å². The van der Waals surface area contributed by atoms with Crippen LogP contribution in [0, 0.1) is 0 Å². The zero-order valence-electron chi connectivity index (χ0n) is 15.2. The second-order valence-corrected chi connectivity index (χ2v) is 7.06. The standard InChI is InChI=1S/C22H17N3O3S/c26-21(16-6-2-1-3-7-16)23-19-14-15(10-11-17(19)22(27)28)12-13-25-20-9-5-4-8-18(20)24-29-25/h1-14,24H,(H,23,26)(H,27,28)/b13-12+. The Kier molecular flexibility index (Phi) is 5.22. The van der Waals surface area contributed by atoms with Crippen molar-refractivity contribution in [2.75, 3.05) is 14.3 Å². The molecular formula is C22H17N3O3S. The molecule has 0 spiro atoms. The van der Waals surface area contributed by atoms with Crippen molar-refractivity contribution in [3.05, 3.63) is 95.7 Å². The van der Waals surface area contributed by atoms with Gasteiger partial charge in [-0.3, -0.25) is 9.10 Å². The first-order valence-corrected chi connectivity index (χ1v) is 9.62. The Labute approximate surface area is 172 Å². The molecule has 0 aromatic heterocycles. The number of fused-ring (bicyclic) bond motifs is 1. The third-order valence-corrected chi connectivity index (χ3v) is 5.18. The van der Waals surface area contributed by atoms with Crippen molar-refractivity contribution in [3.8, 4) is 0 Å². The van der Waals surface area contributed by atoms with Crippen molar-refractivity contribution in [2.45, 2.75) is 0 Å². The average molecular weight is 403 g/mol. The van der Waals surface area contributed by atoms with Crippen LogP contribution in [-0.2, 0) is 0 Å². The number of carboxylic acids is 1. The summed E-state index contributed by atoms with van der Waals surface area (Å²) >= 11 is 1.44. The first kappa shape index (κ1) is 18.6. The maximum absolute atomic E-state index is 12.5. The van der Waals surface area contributed by atoms with Crippen molar-refractivity contribution >= 4 is 47.1 Å². The quantitative estimate of drug-likeness (QED) is 0.514. The maximum atomic E-state index is 12.5. The van der Waals surface area contributed by atoms with E-state index in [4.69, 9.17) is 0 Å². The monoisotopic (exact) mass is 403 g/mol. The Balaban J connectivity index is 1.58. The van der Waals surface area contributed by atoms with Gasteiger partial charge in [-0.05, 0) is 48.0 Å². The van der Waals surface area contributed by atoms with E-state index in [9.17, 15) is 14.7 Å². The molecule has 3 N–H and O–H groups in total. The number of rotatable bonds is 5. The van der Waals surface area contributed by atoms with E-state index in [1.165, 1.54) is 18.2 Å². The minimum absolute atomic E-state index is 0.0361. The first-order chi connectivity index (χ1) is 14.1. The lowest BCUT2D eigenvalue weighted by Crippen LogP contribution is -2.14. The largest absolute Gasteiger partial charge is 0.478 e. The highest BCUT2D eigenvalue weighted by Gasteiger charge is 2.17. The number of hydrogen-bond donors (Lipinski definition) is 3. The van der Waals surface area contributed by atoms with Gasteiger partial charge in [-0.15, -0.1) is 0 Å².